The summed E-state index contributed by atoms with van der Waals surface area (Å²) in [6.07, 6.45) is 1.29. The van der Waals surface area contributed by atoms with Gasteiger partial charge < -0.3 is 5.32 Å². The van der Waals surface area contributed by atoms with Gasteiger partial charge in [0.2, 0.25) is 0 Å². The molecular formula is C7H13N. The van der Waals surface area contributed by atoms with E-state index >= 15 is 0 Å². The molecule has 0 spiro atoms. The Morgan fingerprint density at radius 2 is 2.50 bits per heavy atom. The van der Waals surface area contributed by atoms with Crippen LogP contribution in [-0.2, 0) is 0 Å². The minimum absolute atomic E-state index is 0.759. The van der Waals surface area contributed by atoms with Crippen molar-refractivity contribution >= 4 is 0 Å². The van der Waals surface area contributed by atoms with E-state index < -0.39 is 0 Å². The molecule has 1 aliphatic heterocycles. The Morgan fingerprint density at radius 3 is 2.75 bits per heavy atom. The van der Waals surface area contributed by atoms with Crippen LogP contribution in [0.4, 0.5) is 0 Å². The second-order valence-corrected chi connectivity index (χ2v) is 2.54. The second kappa shape index (κ2) is 2.31. The van der Waals surface area contributed by atoms with Gasteiger partial charge in [0.05, 0.1) is 0 Å². The Balaban J connectivity index is 2.35. The summed E-state index contributed by atoms with van der Waals surface area (Å²) in [6.45, 7) is 8.33. The molecule has 0 aromatic carbocycles. The summed E-state index contributed by atoms with van der Waals surface area (Å²) >= 11 is 0. The molecule has 1 atom stereocenters. The van der Waals surface area contributed by atoms with Crippen LogP contribution in [0.2, 0.25) is 0 Å². The molecule has 0 aromatic rings. The van der Waals surface area contributed by atoms with Gasteiger partial charge in [-0.05, 0) is 25.8 Å². The molecule has 1 heteroatoms. The summed E-state index contributed by atoms with van der Waals surface area (Å²) in [6, 6.07) is 0. The first-order valence-corrected chi connectivity index (χ1v) is 3.17. The molecule has 0 saturated carbocycles. The van der Waals surface area contributed by atoms with Gasteiger partial charge in [0, 0.05) is 6.54 Å². The summed E-state index contributed by atoms with van der Waals surface area (Å²) in [4.78, 5) is 0. The monoisotopic (exact) mass is 111 g/mol. The molecule has 8 heavy (non-hydrogen) atoms. The Kier molecular flexibility index (Phi) is 1.69. The van der Waals surface area contributed by atoms with Gasteiger partial charge in [-0.2, -0.15) is 0 Å². The Bertz CT molecular complexity index is 90.6. The van der Waals surface area contributed by atoms with Gasteiger partial charge in [-0.3, -0.25) is 0 Å². The van der Waals surface area contributed by atoms with E-state index in [1.807, 2.05) is 0 Å². The molecule has 1 fully saturated rings. The van der Waals surface area contributed by atoms with E-state index in [1.54, 1.807) is 0 Å². The second-order valence-electron chi connectivity index (χ2n) is 2.54. The maximum absolute atomic E-state index is 3.90. The van der Waals surface area contributed by atoms with Gasteiger partial charge in [-0.25, -0.2) is 0 Å². The lowest BCUT2D eigenvalue weighted by molar-refractivity contribution is 0.684. The normalized spacial score (nSPS) is 28.4. The lowest BCUT2D eigenvalue weighted by Crippen LogP contribution is -2.08. The standard InChI is InChI=1S/C7H13N/c1-6(2)7-3-4-8-5-7/h7-8H,1,3-5H2,2H3/t7-/m1/s1. The van der Waals surface area contributed by atoms with Crippen LogP contribution in [0.1, 0.15) is 13.3 Å². The predicted molar refractivity (Wildman–Crippen MR) is 35.8 cm³/mol. The fourth-order valence-electron chi connectivity index (χ4n) is 1.08. The first-order chi connectivity index (χ1) is 3.80. The zero-order chi connectivity index (χ0) is 5.98. The van der Waals surface area contributed by atoms with Gasteiger partial charge in [-0.15, -0.1) is 0 Å². The third kappa shape index (κ3) is 1.10. The highest BCUT2D eigenvalue weighted by Crippen LogP contribution is 2.14. The average Bonchev–Trinajstić information content (AvgIpc) is 2.12. The average molecular weight is 111 g/mol. The Morgan fingerprint density at radius 1 is 1.75 bits per heavy atom. The third-order valence-corrected chi connectivity index (χ3v) is 1.76. The van der Waals surface area contributed by atoms with Crippen molar-refractivity contribution in [3.63, 3.8) is 0 Å². The summed E-state index contributed by atoms with van der Waals surface area (Å²) in [5.41, 5.74) is 1.33. The van der Waals surface area contributed by atoms with Crippen molar-refractivity contribution in [3.05, 3.63) is 12.2 Å². The first kappa shape index (κ1) is 5.83. The van der Waals surface area contributed by atoms with E-state index in [-0.39, 0.29) is 0 Å². The molecule has 46 valence electrons. The van der Waals surface area contributed by atoms with E-state index in [2.05, 4.69) is 18.8 Å². The van der Waals surface area contributed by atoms with Crippen LogP contribution in [0, 0.1) is 5.92 Å². The summed E-state index contributed by atoms with van der Waals surface area (Å²) < 4.78 is 0. The van der Waals surface area contributed by atoms with Crippen molar-refractivity contribution in [2.75, 3.05) is 13.1 Å². The molecule has 0 aliphatic carbocycles. The van der Waals surface area contributed by atoms with Crippen molar-refractivity contribution in [3.8, 4) is 0 Å². The van der Waals surface area contributed by atoms with Gasteiger partial charge in [0.15, 0.2) is 0 Å². The third-order valence-electron chi connectivity index (χ3n) is 1.76. The zero-order valence-electron chi connectivity index (χ0n) is 5.41. The highest BCUT2D eigenvalue weighted by molar-refractivity contribution is 4.99. The topological polar surface area (TPSA) is 12.0 Å². The van der Waals surface area contributed by atoms with E-state index in [0.29, 0.717) is 0 Å². The zero-order valence-corrected chi connectivity index (χ0v) is 5.41. The fourth-order valence-corrected chi connectivity index (χ4v) is 1.08. The van der Waals surface area contributed by atoms with Crippen molar-refractivity contribution in [1.82, 2.24) is 5.32 Å². The SMILES string of the molecule is C=C(C)[C@@H]1CCNC1. The molecule has 1 N–H and O–H groups in total. The van der Waals surface area contributed by atoms with Crippen LogP contribution < -0.4 is 5.32 Å². The van der Waals surface area contributed by atoms with Crippen molar-refractivity contribution < 1.29 is 0 Å². The maximum atomic E-state index is 3.90. The summed E-state index contributed by atoms with van der Waals surface area (Å²) in [5.74, 6) is 0.759. The molecule has 0 radical (unpaired) electrons. The molecule has 0 unspecified atom stereocenters. The molecule has 1 rings (SSSR count). The van der Waals surface area contributed by atoms with Gasteiger partial charge in [0.25, 0.3) is 0 Å². The number of hydrogen-bond acceptors (Lipinski definition) is 1. The van der Waals surface area contributed by atoms with Gasteiger partial charge >= 0.3 is 0 Å². The molecular weight excluding hydrogens is 98.1 g/mol. The van der Waals surface area contributed by atoms with E-state index in [1.165, 1.54) is 18.5 Å². The van der Waals surface area contributed by atoms with E-state index in [9.17, 15) is 0 Å². The minimum atomic E-state index is 0.759. The maximum Gasteiger partial charge on any atom is 0.00171 e. The smallest absolute Gasteiger partial charge is 0.00171 e. The minimum Gasteiger partial charge on any atom is -0.316 e. The van der Waals surface area contributed by atoms with Crippen LogP contribution in [0.15, 0.2) is 12.2 Å². The summed E-state index contributed by atoms with van der Waals surface area (Å²) in [7, 11) is 0. The van der Waals surface area contributed by atoms with Crippen LogP contribution >= 0.6 is 0 Å². The van der Waals surface area contributed by atoms with Crippen LogP contribution in [0.3, 0.4) is 0 Å². The van der Waals surface area contributed by atoms with E-state index in [0.717, 1.165) is 12.5 Å². The fraction of sp³-hybridized carbons (Fsp3) is 0.714. The number of hydrogen-bond donors (Lipinski definition) is 1. The molecule has 1 heterocycles. The highest BCUT2D eigenvalue weighted by atomic mass is 14.9. The highest BCUT2D eigenvalue weighted by Gasteiger charge is 2.13. The molecule has 1 saturated heterocycles. The predicted octanol–water partition coefficient (Wildman–Crippen LogP) is 1.17. The van der Waals surface area contributed by atoms with Gasteiger partial charge in [0.1, 0.15) is 0 Å². The molecule has 0 amide bonds. The van der Waals surface area contributed by atoms with Crippen molar-refractivity contribution in [2.45, 2.75) is 13.3 Å². The summed E-state index contributed by atoms with van der Waals surface area (Å²) in [5, 5.41) is 3.29. The Labute approximate surface area is 50.8 Å². The van der Waals surface area contributed by atoms with Crippen LogP contribution in [0.5, 0.6) is 0 Å². The quantitative estimate of drug-likeness (QED) is 0.501. The lowest BCUT2D eigenvalue weighted by atomic mass is 10.0. The van der Waals surface area contributed by atoms with E-state index in [4.69, 9.17) is 0 Å². The first-order valence-electron chi connectivity index (χ1n) is 3.17. The molecule has 0 bridgehead atoms. The number of rotatable bonds is 1. The molecule has 1 nitrogen and oxygen atoms in total. The van der Waals surface area contributed by atoms with Gasteiger partial charge in [-0.1, -0.05) is 12.2 Å². The Hall–Kier alpha value is -0.300. The molecule has 1 aliphatic rings. The number of nitrogens with one attached hydrogen (secondary N) is 1. The van der Waals surface area contributed by atoms with Crippen molar-refractivity contribution in [1.29, 1.82) is 0 Å². The van der Waals surface area contributed by atoms with Crippen LogP contribution in [-0.4, -0.2) is 13.1 Å². The lowest BCUT2D eigenvalue weighted by Gasteiger charge is -2.04. The molecule has 0 aromatic heterocycles. The largest absolute Gasteiger partial charge is 0.316 e. The van der Waals surface area contributed by atoms with Crippen LogP contribution in [0.25, 0.3) is 0 Å². The van der Waals surface area contributed by atoms with Crippen molar-refractivity contribution in [2.24, 2.45) is 5.92 Å².